The normalized spacial score (nSPS) is 11.6. The number of ether oxygens (including phenoxy) is 2. The van der Waals surface area contributed by atoms with Gasteiger partial charge in [-0.1, -0.05) is 0 Å². The van der Waals surface area contributed by atoms with Gasteiger partial charge < -0.3 is 14.8 Å². The van der Waals surface area contributed by atoms with Crippen molar-refractivity contribution in [3.05, 3.63) is 60.2 Å². The molecule has 0 radical (unpaired) electrons. The molecule has 0 aliphatic rings. The van der Waals surface area contributed by atoms with Gasteiger partial charge in [-0.25, -0.2) is 8.78 Å². The van der Waals surface area contributed by atoms with E-state index < -0.39 is 6.10 Å². The van der Waals surface area contributed by atoms with Crippen LogP contribution in [-0.4, -0.2) is 25.2 Å². The number of carbonyl (C=O) groups excluding carboxylic acids is 1. The molecule has 0 heterocycles. The van der Waals surface area contributed by atoms with Crippen LogP contribution in [-0.2, 0) is 4.79 Å². The van der Waals surface area contributed by atoms with E-state index in [-0.39, 0.29) is 30.7 Å². The molecule has 1 atom stereocenters. The monoisotopic (exact) mass is 321 g/mol. The van der Waals surface area contributed by atoms with Crippen LogP contribution in [0.15, 0.2) is 48.5 Å². The summed E-state index contributed by atoms with van der Waals surface area (Å²) in [6, 6.07) is 11.0. The van der Waals surface area contributed by atoms with Gasteiger partial charge in [0.15, 0.2) is 6.10 Å². The topological polar surface area (TPSA) is 47.6 Å². The summed E-state index contributed by atoms with van der Waals surface area (Å²) in [5.74, 6) is -0.0743. The minimum Gasteiger partial charge on any atom is -0.492 e. The number of benzene rings is 2. The summed E-state index contributed by atoms with van der Waals surface area (Å²) in [5, 5.41) is 2.66. The predicted octanol–water partition coefficient (Wildman–Crippen LogP) is 2.93. The number of rotatable bonds is 7. The summed E-state index contributed by atoms with van der Waals surface area (Å²) in [7, 11) is 0. The van der Waals surface area contributed by atoms with E-state index in [2.05, 4.69) is 5.32 Å². The van der Waals surface area contributed by atoms with Crippen LogP contribution in [0.1, 0.15) is 6.92 Å². The Hall–Kier alpha value is -2.63. The smallest absolute Gasteiger partial charge is 0.260 e. The molecule has 2 aromatic carbocycles. The maximum Gasteiger partial charge on any atom is 0.260 e. The first-order chi connectivity index (χ1) is 11.0. The summed E-state index contributed by atoms with van der Waals surface area (Å²) < 4.78 is 36.3. The first-order valence-corrected chi connectivity index (χ1v) is 7.13. The van der Waals surface area contributed by atoms with Crippen LogP contribution in [0, 0.1) is 11.6 Å². The Morgan fingerprint density at radius 2 is 1.52 bits per heavy atom. The van der Waals surface area contributed by atoms with Gasteiger partial charge in [0.2, 0.25) is 0 Å². The zero-order valence-corrected chi connectivity index (χ0v) is 12.6. The van der Waals surface area contributed by atoms with Gasteiger partial charge >= 0.3 is 0 Å². The van der Waals surface area contributed by atoms with Crippen LogP contribution in [0.3, 0.4) is 0 Å². The Bertz CT molecular complexity index is 629. The lowest BCUT2D eigenvalue weighted by molar-refractivity contribution is -0.127. The lowest BCUT2D eigenvalue weighted by atomic mass is 10.3. The molecule has 1 N–H and O–H groups in total. The molecule has 0 bridgehead atoms. The van der Waals surface area contributed by atoms with Gasteiger partial charge in [0.25, 0.3) is 5.91 Å². The van der Waals surface area contributed by atoms with Gasteiger partial charge in [0.05, 0.1) is 6.54 Å². The van der Waals surface area contributed by atoms with Gasteiger partial charge in [-0.05, 0) is 55.5 Å². The lowest BCUT2D eigenvalue weighted by Gasteiger charge is -2.15. The first-order valence-electron chi connectivity index (χ1n) is 7.13. The molecule has 0 aliphatic heterocycles. The van der Waals surface area contributed by atoms with E-state index in [4.69, 9.17) is 9.47 Å². The molecule has 6 heteroatoms. The quantitative estimate of drug-likeness (QED) is 0.798. The zero-order chi connectivity index (χ0) is 16.7. The van der Waals surface area contributed by atoms with Crippen LogP contribution in [0.2, 0.25) is 0 Å². The van der Waals surface area contributed by atoms with E-state index in [1.165, 1.54) is 48.5 Å². The van der Waals surface area contributed by atoms with Gasteiger partial charge in [-0.3, -0.25) is 4.79 Å². The maximum atomic E-state index is 12.8. The van der Waals surface area contributed by atoms with Gasteiger partial charge in [0.1, 0.15) is 29.7 Å². The highest BCUT2D eigenvalue weighted by Crippen LogP contribution is 2.13. The van der Waals surface area contributed by atoms with Crippen molar-refractivity contribution in [3.8, 4) is 11.5 Å². The van der Waals surface area contributed by atoms with Crippen molar-refractivity contribution >= 4 is 5.91 Å². The molecule has 2 rings (SSSR count). The summed E-state index contributed by atoms with van der Waals surface area (Å²) in [6.07, 6.45) is -0.716. The summed E-state index contributed by atoms with van der Waals surface area (Å²) in [4.78, 5) is 11.9. The second-order valence-corrected chi connectivity index (χ2v) is 4.81. The Morgan fingerprint density at radius 3 is 2.09 bits per heavy atom. The molecule has 1 amide bonds. The number of hydrogen-bond acceptors (Lipinski definition) is 3. The number of nitrogens with one attached hydrogen (secondary N) is 1. The lowest BCUT2D eigenvalue weighted by Crippen LogP contribution is -2.38. The molecule has 1 unspecified atom stereocenters. The van der Waals surface area contributed by atoms with E-state index >= 15 is 0 Å². The Kier molecular flexibility index (Phi) is 5.91. The van der Waals surface area contributed by atoms with Crippen molar-refractivity contribution in [1.82, 2.24) is 5.32 Å². The third-order valence-electron chi connectivity index (χ3n) is 2.98. The van der Waals surface area contributed by atoms with Crippen molar-refractivity contribution in [2.45, 2.75) is 13.0 Å². The second kappa shape index (κ2) is 8.12. The van der Waals surface area contributed by atoms with Crippen molar-refractivity contribution < 1.29 is 23.0 Å². The highest BCUT2D eigenvalue weighted by Gasteiger charge is 2.14. The Morgan fingerprint density at radius 1 is 1.00 bits per heavy atom. The van der Waals surface area contributed by atoms with Crippen LogP contribution in [0.25, 0.3) is 0 Å². The van der Waals surface area contributed by atoms with Crippen molar-refractivity contribution in [1.29, 1.82) is 0 Å². The van der Waals surface area contributed by atoms with E-state index in [0.717, 1.165) is 0 Å². The van der Waals surface area contributed by atoms with Gasteiger partial charge in [0, 0.05) is 0 Å². The van der Waals surface area contributed by atoms with Crippen LogP contribution >= 0.6 is 0 Å². The largest absolute Gasteiger partial charge is 0.492 e. The molecule has 0 spiro atoms. The zero-order valence-electron chi connectivity index (χ0n) is 12.6. The third-order valence-corrected chi connectivity index (χ3v) is 2.98. The molecular formula is C17H17F2NO3. The fourth-order valence-electron chi connectivity index (χ4n) is 1.79. The SMILES string of the molecule is CC(Oc1ccc(F)cc1)C(=O)NCCOc1ccc(F)cc1. The maximum absolute atomic E-state index is 12.8. The third kappa shape index (κ3) is 5.58. The van der Waals surface area contributed by atoms with E-state index in [9.17, 15) is 13.6 Å². The van der Waals surface area contributed by atoms with Crippen molar-refractivity contribution in [2.75, 3.05) is 13.2 Å². The molecule has 2 aromatic rings. The molecule has 122 valence electrons. The van der Waals surface area contributed by atoms with Gasteiger partial charge in [-0.2, -0.15) is 0 Å². The highest BCUT2D eigenvalue weighted by atomic mass is 19.1. The van der Waals surface area contributed by atoms with E-state index in [0.29, 0.717) is 11.5 Å². The predicted molar refractivity (Wildman–Crippen MR) is 81.4 cm³/mol. The number of carbonyl (C=O) groups is 1. The average molecular weight is 321 g/mol. The van der Waals surface area contributed by atoms with Crippen LogP contribution < -0.4 is 14.8 Å². The second-order valence-electron chi connectivity index (χ2n) is 4.81. The fraction of sp³-hybridized carbons (Fsp3) is 0.235. The summed E-state index contributed by atoms with van der Waals surface area (Å²) in [6.45, 7) is 2.13. The molecule has 23 heavy (non-hydrogen) atoms. The molecule has 0 saturated carbocycles. The Balaban J connectivity index is 1.69. The van der Waals surface area contributed by atoms with Crippen LogP contribution in [0.5, 0.6) is 11.5 Å². The van der Waals surface area contributed by atoms with Crippen molar-refractivity contribution in [2.24, 2.45) is 0 Å². The van der Waals surface area contributed by atoms with Gasteiger partial charge in [-0.15, -0.1) is 0 Å². The highest BCUT2D eigenvalue weighted by molar-refractivity contribution is 5.80. The number of hydrogen-bond donors (Lipinski definition) is 1. The van der Waals surface area contributed by atoms with E-state index in [1.54, 1.807) is 6.92 Å². The standard InChI is InChI=1S/C17H17F2NO3/c1-12(23-16-8-4-14(19)5-9-16)17(21)20-10-11-22-15-6-2-13(18)3-7-15/h2-9,12H,10-11H2,1H3,(H,20,21). The first kappa shape index (κ1) is 16.7. The number of halogens is 2. The molecular weight excluding hydrogens is 304 g/mol. The fourth-order valence-corrected chi connectivity index (χ4v) is 1.79. The minimum atomic E-state index is -0.716. The molecule has 0 saturated heterocycles. The Labute approximate surface area is 133 Å². The average Bonchev–Trinajstić information content (AvgIpc) is 2.55. The molecule has 0 aromatic heterocycles. The van der Waals surface area contributed by atoms with Crippen molar-refractivity contribution in [3.63, 3.8) is 0 Å². The van der Waals surface area contributed by atoms with Crippen LogP contribution in [0.4, 0.5) is 8.78 Å². The molecule has 0 fully saturated rings. The minimum absolute atomic E-state index is 0.251. The molecule has 4 nitrogen and oxygen atoms in total. The molecule has 0 aliphatic carbocycles. The summed E-state index contributed by atoms with van der Waals surface area (Å²) in [5.41, 5.74) is 0. The summed E-state index contributed by atoms with van der Waals surface area (Å²) >= 11 is 0. The van der Waals surface area contributed by atoms with E-state index in [1.807, 2.05) is 0 Å². The number of amides is 1.